The third-order valence-electron chi connectivity index (χ3n) is 2.37. The summed E-state index contributed by atoms with van der Waals surface area (Å²) in [6, 6.07) is 5.28. The third kappa shape index (κ3) is 2.37. The molecular formula is C11H12N2O3S. The van der Waals surface area contributed by atoms with Gasteiger partial charge in [0, 0.05) is 0 Å². The van der Waals surface area contributed by atoms with E-state index in [0.29, 0.717) is 21.9 Å². The van der Waals surface area contributed by atoms with Crippen molar-refractivity contribution >= 4 is 11.5 Å². The van der Waals surface area contributed by atoms with E-state index in [4.69, 9.17) is 9.47 Å². The van der Waals surface area contributed by atoms with Crippen LogP contribution in [0.5, 0.6) is 11.5 Å². The fourth-order valence-electron chi connectivity index (χ4n) is 1.48. The maximum atomic E-state index is 10.1. The summed E-state index contributed by atoms with van der Waals surface area (Å²) in [6.07, 6.45) is 0.807. The molecule has 0 saturated carbocycles. The van der Waals surface area contributed by atoms with Gasteiger partial charge in [-0.3, -0.25) is 0 Å². The molecule has 6 heteroatoms. The Labute approximate surface area is 103 Å². The Kier molecular flexibility index (Phi) is 3.55. The van der Waals surface area contributed by atoms with Gasteiger partial charge in [-0.1, -0.05) is 10.6 Å². The first-order valence-electron chi connectivity index (χ1n) is 4.93. The van der Waals surface area contributed by atoms with E-state index in [1.54, 1.807) is 38.6 Å². The second-order valence-corrected chi connectivity index (χ2v) is 4.15. The van der Waals surface area contributed by atoms with Crippen LogP contribution in [0, 0.1) is 0 Å². The molecule has 5 nitrogen and oxygen atoms in total. The molecule has 0 aliphatic carbocycles. The van der Waals surface area contributed by atoms with Crippen LogP contribution in [-0.4, -0.2) is 28.9 Å². The average Bonchev–Trinajstić information content (AvgIpc) is 2.90. The predicted octanol–water partition coefficient (Wildman–Crippen LogP) is 1.64. The molecule has 0 radical (unpaired) electrons. The van der Waals surface area contributed by atoms with Gasteiger partial charge in [0.05, 0.1) is 25.3 Å². The van der Waals surface area contributed by atoms with Gasteiger partial charge in [-0.15, -0.1) is 5.10 Å². The number of aliphatic hydroxyl groups is 1. The molecule has 0 amide bonds. The number of methoxy groups -OCH3 is 2. The second-order valence-electron chi connectivity index (χ2n) is 3.34. The number of nitrogens with zero attached hydrogens (tertiary/aromatic N) is 2. The highest BCUT2D eigenvalue weighted by Gasteiger charge is 2.15. The van der Waals surface area contributed by atoms with Crippen molar-refractivity contribution in [3.63, 3.8) is 0 Å². The van der Waals surface area contributed by atoms with Crippen molar-refractivity contribution < 1.29 is 14.6 Å². The van der Waals surface area contributed by atoms with Crippen LogP contribution in [0.4, 0.5) is 0 Å². The van der Waals surface area contributed by atoms with Crippen LogP contribution in [0.3, 0.4) is 0 Å². The minimum Gasteiger partial charge on any atom is -0.493 e. The monoisotopic (exact) mass is 252 g/mol. The van der Waals surface area contributed by atoms with E-state index in [1.807, 2.05) is 0 Å². The second kappa shape index (κ2) is 5.11. The molecule has 1 heterocycles. The molecule has 0 fully saturated rings. The lowest BCUT2D eigenvalue weighted by atomic mass is 10.1. The normalized spacial score (nSPS) is 12.2. The summed E-state index contributed by atoms with van der Waals surface area (Å²) in [5, 5.41) is 13.8. The molecular weight excluding hydrogens is 240 g/mol. The number of aromatic nitrogens is 2. The predicted molar refractivity (Wildman–Crippen MR) is 63.5 cm³/mol. The average molecular weight is 252 g/mol. The van der Waals surface area contributed by atoms with Gasteiger partial charge in [-0.05, 0) is 29.2 Å². The summed E-state index contributed by atoms with van der Waals surface area (Å²) < 4.78 is 14.0. The molecule has 2 rings (SSSR count). The van der Waals surface area contributed by atoms with Crippen LogP contribution >= 0.6 is 11.5 Å². The number of hydrogen-bond acceptors (Lipinski definition) is 6. The minimum absolute atomic E-state index is 0.585. The highest BCUT2D eigenvalue weighted by atomic mass is 32.1. The Bertz CT molecular complexity index is 487. The molecule has 0 saturated heterocycles. The van der Waals surface area contributed by atoms with E-state index in [9.17, 15) is 5.11 Å². The minimum atomic E-state index is -0.741. The van der Waals surface area contributed by atoms with Crippen LogP contribution in [0.15, 0.2) is 24.4 Å². The molecule has 0 spiro atoms. The first kappa shape index (κ1) is 11.8. The molecule has 2 aromatic rings. The van der Waals surface area contributed by atoms with Crippen LogP contribution in [0.1, 0.15) is 16.5 Å². The quantitative estimate of drug-likeness (QED) is 0.896. The van der Waals surface area contributed by atoms with Crippen LogP contribution in [0.25, 0.3) is 0 Å². The Balaban J connectivity index is 2.33. The van der Waals surface area contributed by atoms with Crippen LogP contribution in [0.2, 0.25) is 0 Å². The smallest absolute Gasteiger partial charge is 0.161 e. The first-order chi connectivity index (χ1) is 8.26. The lowest BCUT2D eigenvalue weighted by Gasteiger charge is -2.12. The van der Waals surface area contributed by atoms with Gasteiger partial charge in [0.1, 0.15) is 6.10 Å². The van der Waals surface area contributed by atoms with Gasteiger partial charge in [0.2, 0.25) is 0 Å². The van der Waals surface area contributed by atoms with E-state index in [1.165, 1.54) is 11.5 Å². The van der Waals surface area contributed by atoms with E-state index in [2.05, 4.69) is 9.59 Å². The number of benzene rings is 1. The van der Waals surface area contributed by atoms with E-state index < -0.39 is 6.10 Å². The van der Waals surface area contributed by atoms with Gasteiger partial charge in [-0.25, -0.2) is 0 Å². The molecule has 1 aromatic carbocycles. The van der Waals surface area contributed by atoms with E-state index in [0.717, 1.165) is 0 Å². The Morgan fingerprint density at radius 1 is 1.24 bits per heavy atom. The first-order valence-corrected chi connectivity index (χ1v) is 5.71. The largest absolute Gasteiger partial charge is 0.493 e. The van der Waals surface area contributed by atoms with Gasteiger partial charge in [0.25, 0.3) is 0 Å². The Hall–Kier alpha value is -1.66. The lowest BCUT2D eigenvalue weighted by molar-refractivity contribution is 0.223. The number of ether oxygens (including phenoxy) is 2. The summed E-state index contributed by atoms with van der Waals surface area (Å²) in [5.74, 6) is 1.22. The zero-order chi connectivity index (χ0) is 12.3. The fourth-order valence-corrected chi connectivity index (χ4v) is 2.00. The summed E-state index contributed by atoms with van der Waals surface area (Å²) in [6.45, 7) is 0. The SMILES string of the molecule is COc1ccc(C(O)c2cnns2)cc1OC. The van der Waals surface area contributed by atoms with Gasteiger partial charge < -0.3 is 14.6 Å². The topological polar surface area (TPSA) is 64.5 Å². The van der Waals surface area contributed by atoms with Crippen molar-refractivity contribution in [3.8, 4) is 11.5 Å². The summed E-state index contributed by atoms with van der Waals surface area (Å²) >= 11 is 1.17. The Morgan fingerprint density at radius 3 is 2.59 bits per heavy atom. The van der Waals surface area contributed by atoms with Crippen LogP contribution < -0.4 is 9.47 Å². The zero-order valence-corrected chi connectivity index (χ0v) is 10.3. The third-order valence-corrected chi connectivity index (χ3v) is 3.09. The van der Waals surface area contributed by atoms with Crippen molar-refractivity contribution in [2.24, 2.45) is 0 Å². The molecule has 1 atom stereocenters. The maximum absolute atomic E-state index is 10.1. The maximum Gasteiger partial charge on any atom is 0.161 e. The van der Waals surface area contributed by atoms with Crippen molar-refractivity contribution in [3.05, 3.63) is 34.8 Å². The van der Waals surface area contributed by atoms with Crippen molar-refractivity contribution in [1.29, 1.82) is 0 Å². The molecule has 90 valence electrons. The van der Waals surface area contributed by atoms with Gasteiger partial charge >= 0.3 is 0 Å². The molecule has 1 aromatic heterocycles. The standard InChI is InChI=1S/C11H12N2O3S/c1-15-8-4-3-7(5-9(8)16-2)11(14)10-6-12-13-17-10/h3-6,11,14H,1-2H3. The highest BCUT2D eigenvalue weighted by molar-refractivity contribution is 7.05. The van der Waals surface area contributed by atoms with Crippen molar-refractivity contribution in [2.45, 2.75) is 6.10 Å². The van der Waals surface area contributed by atoms with Crippen molar-refractivity contribution in [2.75, 3.05) is 14.2 Å². The fraction of sp³-hybridized carbons (Fsp3) is 0.273. The van der Waals surface area contributed by atoms with E-state index in [-0.39, 0.29) is 0 Å². The number of rotatable bonds is 4. The Morgan fingerprint density at radius 2 is 2.00 bits per heavy atom. The summed E-state index contributed by atoms with van der Waals surface area (Å²) in [5.41, 5.74) is 0.716. The molecule has 1 N–H and O–H groups in total. The van der Waals surface area contributed by atoms with Crippen molar-refractivity contribution in [1.82, 2.24) is 9.59 Å². The lowest BCUT2D eigenvalue weighted by Crippen LogP contribution is -1.99. The molecule has 17 heavy (non-hydrogen) atoms. The summed E-state index contributed by atoms with van der Waals surface area (Å²) in [7, 11) is 3.13. The van der Waals surface area contributed by atoms with Crippen LogP contribution in [-0.2, 0) is 0 Å². The molecule has 1 unspecified atom stereocenters. The number of aliphatic hydroxyl groups excluding tert-OH is 1. The molecule has 0 bridgehead atoms. The zero-order valence-electron chi connectivity index (χ0n) is 9.45. The molecule has 0 aliphatic rings. The van der Waals surface area contributed by atoms with Gasteiger partial charge in [-0.2, -0.15) is 0 Å². The summed E-state index contributed by atoms with van der Waals surface area (Å²) in [4.78, 5) is 0.692. The number of hydrogen-bond donors (Lipinski definition) is 1. The molecule has 0 aliphatic heterocycles. The van der Waals surface area contributed by atoms with Gasteiger partial charge in [0.15, 0.2) is 11.5 Å². The highest BCUT2D eigenvalue weighted by Crippen LogP contribution is 2.32. The van der Waals surface area contributed by atoms with E-state index >= 15 is 0 Å².